The number of aromatic nitrogens is 2. The van der Waals surface area contributed by atoms with Crippen LogP contribution >= 0.6 is 11.8 Å². The number of rotatable bonds is 5. The predicted molar refractivity (Wildman–Crippen MR) is 94.5 cm³/mol. The van der Waals surface area contributed by atoms with Crippen LogP contribution in [0.15, 0.2) is 36.7 Å². The Bertz CT molecular complexity index is 705. The molecule has 2 heterocycles. The zero-order valence-corrected chi connectivity index (χ0v) is 14.4. The molecule has 0 unspecified atom stereocenters. The maximum absolute atomic E-state index is 13.6. The number of halogens is 1. The van der Waals surface area contributed by atoms with Crippen molar-refractivity contribution >= 4 is 23.4 Å². The van der Waals surface area contributed by atoms with Gasteiger partial charge < -0.3 is 5.32 Å². The first kappa shape index (κ1) is 17.0. The minimum atomic E-state index is -0.409. The molecule has 1 fully saturated rings. The zero-order valence-electron chi connectivity index (χ0n) is 13.6. The number of benzene rings is 1. The Balaban J connectivity index is 1.58. The van der Waals surface area contributed by atoms with E-state index < -0.39 is 5.82 Å². The second-order valence-corrected chi connectivity index (χ2v) is 7.00. The maximum Gasteiger partial charge on any atom is 0.225 e. The quantitative estimate of drug-likeness (QED) is 0.903. The lowest BCUT2D eigenvalue weighted by Gasteiger charge is -2.34. The smallest absolute Gasteiger partial charge is 0.225 e. The van der Waals surface area contributed by atoms with Crippen molar-refractivity contribution in [3.05, 3.63) is 48.0 Å². The van der Waals surface area contributed by atoms with E-state index in [9.17, 15) is 9.18 Å². The van der Waals surface area contributed by atoms with Gasteiger partial charge >= 0.3 is 0 Å². The highest BCUT2D eigenvalue weighted by atomic mass is 32.2. The molecule has 1 saturated heterocycles. The van der Waals surface area contributed by atoms with Crippen LogP contribution in [0.3, 0.4) is 0 Å². The second kappa shape index (κ2) is 7.81. The van der Waals surface area contributed by atoms with Gasteiger partial charge in [0.1, 0.15) is 5.82 Å². The van der Waals surface area contributed by atoms with Gasteiger partial charge in [0.05, 0.1) is 11.9 Å². The summed E-state index contributed by atoms with van der Waals surface area (Å²) in [5, 5.41) is 6.89. The Kier molecular flexibility index (Phi) is 5.52. The number of thioether (sulfide) groups is 1. The number of carbonyl (C=O) groups excluding carboxylic acids is 1. The number of anilines is 1. The van der Waals surface area contributed by atoms with E-state index in [0.717, 1.165) is 18.1 Å². The molecule has 0 radical (unpaired) electrons. The number of nitrogens with zero attached hydrogens (tertiary/aromatic N) is 3. The lowest BCUT2D eigenvalue weighted by atomic mass is 10.1. The molecular weight excluding hydrogens is 327 g/mol. The van der Waals surface area contributed by atoms with Crippen molar-refractivity contribution in [2.45, 2.75) is 12.5 Å². The van der Waals surface area contributed by atoms with E-state index in [4.69, 9.17) is 0 Å². The van der Waals surface area contributed by atoms with E-state index in [-0.39, 0.29) is 17.6 Å². The summed E-state index contributed by atoms with van der Waals surface area (Å²) >= 11 is 1.92. The fraction of sp³-hybridized carbons (Fsp3) is 0.412. The average Bonchev–Trinajstić information content (AvgIpc) is 3.02. The molecule has 1 amide bonds. The molecule has 1 aliphatic heterocycles. The molecule has 128 valence electrons. The van der Waals surface area contributed by atoms with E-state index in [0.29, 0.717) is 13.0 Å². The van der Waals surface area contributed by atoms with Gasteiger partial charge in [0, 0.05) is 55.9 Å². The second-order valence-electron chi connectivity index (χ2n) is 5.85. The third kappa shape index (κ3) is 4.15. The summed E-state index contributed by atoms with van der Waals surface area (Å²) < 4.78 is 15.4. The summed E-state index contributed by atoms with van der Waals surface area (Å²) in [6.45, 7) is 1.59. The molecule has 7 heteroatoms. The van der Waals surface area contributed by atoms with Crippen LogP contribution in [0.5, 0.6) is 0 Å². The number of para-hydroxylation sites is 1. The van der Waals surface area contributed by atoms with Gasteiger partial charge in [-0.2, -0.15) is 16.9 Å². The van der Waals surface area contributed by atoms with Crippen LogP contribution in [0.25, 0.3) is 0 Å². The molecule has 0 bridgehead atoms. The molecule has 1 aromatic heterocycles. The molecule has 24 heavy (non-hydrogen) atoms. The fourth-order valence-electron chi connectivity index (χ4n) is 2.85. The SMILES string of the molecule is Cn1cc([C@H]2CSCCN2CCC(=O)Nc2ccccc2F)cn1. The number of carbonyl (C=O) groups is 1. The average molecular weight is 348 g/mol. The first-order chi connectivity index (χ1) is 11.6. The normalized spacial score (nSPS) is 18.5. The highest BCUT2D eigenvalue weighted by Gasteiger charge is 2.25. The molecule has 1 atom stereocenters. The van der Waals surface area contributed by atoms with Crippen molar-refractivity contribution in [3.8, 4) is 0 Å². The molecule has 1 aliphatic rings. The van der Waals surface area contributed by atoms with Crippen molar-refractivity contribution < 1.29 is 9.18 Å². The molecular formula is C17H21FN4OS. The minimum absolute atomic E-state index is 0.164. The Morgan fingerprint density at radius 1 is 1.46 bits per heavy atom. The van der Waals surface area contributed by atoms with E-state index >= 15 is 0 Å². The largest absolute Gasteiger partial charge is 0.324 e. The lowest BCUT2D eigenvalue weighted by Crippen LogP contribution is -2.38. The topological polar surface area (TPSA) is 50.2 Å². The maximum atomic E-state index is 13.6. The third-order valence-electron chi connectivity index (χ3n) is 4.12. The van der Waals surface area contributed by atoms with Crippen molar-refractivity contribution in [2.75, 3.05) is 29.9 Å². The number of aryl methyl sites for hydroxylation is 1. The summed E-state index contributed by atoms with van der Waals surface area (Å²) in [7, 11) is 1.91. The molecule has 0 saturated carbocycles. The Morgan fingerprint density at radius 3 is 3.04 bits per heavy atom. The minimum Gasteiger partial charge on any atom is -0.324 e. The summed E-state index contributed by atoms with van der Waals surface area (Å²) in [6, 6.07) is 6.51. The summed E-state index contributed by atoms with van der Waals surface area (Å²) in [5.74, 6) is 1.49. The van der Waals surface area contributed by atoms with Crippen LogP contribution in [-0.2, 0) is 11.8 Å². The number of nitrogens with one attached hydrogen (secondary N) is 1. The van der Waals surface area contributed by atoms with Gasteiger partial charge in [-0.25, -0.2) is 4.39 Å². The van der Waals surface area contributed by atoms with Crippen LogP contribution in [-0.4, -0.2) is 45.2 Å². The summed E-state index contributed by atoms with van der Waals surface area (Å²) in [4.78, 5) is 14.4. The van der Waals surface area contributed by atoms with Crippen molar-refractivity contribution in [3.63, 3.8) is 0 Å². The van der Waals surface area contributed by atoms with Crippen LogP contribution in [0.2, 0.25) is 0 Å². The molecule has 2 aromatic rings. The van der Waals surface area contributed by atoms with E-state index in [1.807, 2.05) is 31.2 Å². The summed E-state index contributed by atoms with van der Waals surface area (Å²) in [5.41, 5.74) is 1.42. The number of hydrogen-bond donors (Lipinski definition) is 1. The molecule has 1 N–H and O–H groups in total. The zero-order chi connectivity index (χ0) is 16.9. The molecule has 5 nitrogen and oxygen atoms in total. The number of amides is 1. The van der Waals surface area contributed by atoms with E-state index in [2.05, 4.69) is 15.3 Å². The van der Waals surface area contributed by atoms with Crippen molar-refractivity contribution in [2.24, 2.45) is 7.05 Å². The first-order valence-corrected chi connectivity index (χ1v) is 9.13. The van der Waals surface area contributed by atoms with Gasteiger partial charge in [-0.1, -0.05) is 12.1 Å². The van der Waals surface area contributed by atoms with Crippen LogP contribution < -0.4 is 5.32 Å². The van der Waals surface area contributed by atoms with Gasteiger partial charge in [0.15, 0.2) is 0 Å². The monoisotopic (exact) mass is 348 g/mol. The van der Waals surface area contributed by atoms with Crippen LogP contribution in [0.4, 0.5) is 10.1 Å². The molecule has 3 rings (SSSR count). The standard InChI is InChI=1S/C17H21FN4OS/c1-21-11-13(10-19-21)16-12-24-9-8-22(16)7-6-17(23)20-15-5-3-2-4-14(15)18/h2-5,10-11,16H,6-9,12H2,1H3,(H,20,23)/t16-/m1/s1. The predicted octanol–water partition coefficient (Wildman–Crippen LogP) is 2.68. The Hall–Kier alpha value is -1.86. The van der Waals surface area contributed by atoms with E-state index in [1.54, 1.807) is 22.9 Å². The van der Waals surface area contributed by atoms with Crippen molar-refractivity contribution in [1.82, 2.24) is 14.7 Å². The van der Waals surface area contributed by atoms with Crippen LogP contribution in [0, 0.1) is 5.82 Å². The fourth-order valence-corrected chi connectivity index (χ4v) is 4.00. The molecule has 0 spiro atoms. The molecule has 1 aromatic carbocycles. The van der Waals surface area contributed by atoms with Gasteiger partial charge in [0.2, 0.25) is 5.91 Å². The van der Waals surface area contributed by atoms with Crippen LogP contribution in [0.1, 0.15) is 18.0 Å². The van der Waals surface area contributed by atoms with Gasteiger partial charge in [-0.3, -0.25) is 14.4 Å². The molecule has 0 aliphatic carbocycles. The first-order valence-electron chi connectivity index (χ1n) is 7.98. The number of hydrogen-bond acceptors (Lipinski definition) is 4. The van der Waals surface area contributed by atoms with Gasteiger partial charge in [-0.15, -0.1) is 0 Å². The van der Waals surface area contributed by atoms with E-state index in [1.165, 1.54) is 11.6 Å². The Morgan fingerprint density at radius 2 is 2.29 bits per heavy atom. The third-order valence-corrected chi connectivity index (χ3v) is 5.15. The summed E-state index contributed by atoms with van der Waals surface area (Å²) in [6.07, 6.45) is 4.27. The van der Waals surface area contributed by atoms with Gasteiger partial charge in [0.25, 0.3) is 0 Å². The van der Waals surface area contributed by atoms with Gasteiger partial charge in [-0.05, 0) is 12.1 Å². The highest BCUT2D eigenvalue weighted by Crippen LogP contribution is 2.29. The highest BCUT2D eigenvalue weighted by molar-refractivity contribution is 7.99. The van der Waals surface area contributed by atoms with Crippen molar-refractivity contribution in [1.29, 1.82) is 0 Å². The Labute approximate surface area is 145 Å². The lowest BCUT2D eigenvalue weighted by molar-refractivity contribution is -0.116.